The minimum atomic E-state index is 0.578. The maximum Gasteiger partial charge on any atom is 0.217 e. The second-order valence-electron chi connectivity index (χ2n) is 5.27. The first kappa shape index (κ1) is 15.9. The number of rotatable bonds is 8. The predicted octanol–water partition coefficient (Wildman–Crippen LogP) is 2.30. The van der Waals surface area contributed by atoms with Crippen LogP contribution < -0.4 is 10.1 Å². The lowest BCUT2D eigenvalue weighted by Gasteiger charge is -2.30. The molecule has 0 atom stereocenters. The number of nitrogens with zero attached hydrogens (tertiary/aromatic N) is 2. The Hall–Kier alpha value is -1.13. The minimum absolute atomic E-state index is 0.578. The third kappa shape index (κ3) is 5.17. The Morgan fingerprint density at radius 1 is 1.26 bits per heavy atom. The highest BCUT2D eigenvalue weighted by atomic mass is 16.5. The van der Waals surface area contributed by atoms with Gasteiger partial charge in [0.2, 0.25) is 5.88 Å². The van der Waals surface area contributed by atoms with Crippen molar-refractivity contribution in [1.82, 2.24) is 15.2 Å². The molecule has 4 nitrogen and oxygen atoms in total. The molecule has 0 spiro atoms. The van der Waals surface area contributed by atoms with Gasteiger partial charge in [-0.2, -0.15) is 0 Å². The Kier molecular flexibility index (Phi) is 6.81. The van der Waals surface area contributed by atoms with Crippen LogP contribution in [0.25, 0.3) is 0 Å². The molecule has 0 aliphatic carbocycles. The van der Waals surface area contributed by atoms with Crippen molar-refractivity contribution in [2.45, 2.75) is 46.3 Å². The lowest BCUT2D eigenvalue weighted by Crippen LogP contribution is -2.41. The summed E-state index contributed by atoms with van der Waals surface area (Å²) in [6.45, 7) is 11.8. The van der Waals surface area contributed by atoms with E-state index in [4.69, 9.17) is 4.74 Å². The lowest BCUT2D eigenvalue weighted by molar-refractivity contribution is 0.175. The van der Waals surface area contributed by atoms with Gasteiger partial charge in [-0.15, -0.1) is 0 Å². The number of aromatic nitrogens is 1. The zero-order valence-corrected chi connectivity index (χ0v) is 12.8. The van der Waals surface area contributed by atoms with Crippen LogP contribution in [0.3, 0.4) is 0 Å². The third-order valence-corrected chi connectivity index (χ3v) is 3.23. The first-order valence-electron chi connectivity index (χ1n) is 7.00. The topological polar surface area (TPSA) is 37.4 Å². The molecule has 108 valence electrons. The molecule has 0 aliphatic rings. The molecule has 0 aromatic carbocycles. The summed E-state index contributed by atoms with van der Waals surface area (Å²) >= 11 is 0. The average Bonchev–Trinajstić information content (AvgIpc) is 2.38. The van der Waals surface area contributed by atoms with E-state index in [1.807, 2.05) is 12.1 Å². The van der Waals surface area contributed by atoms with Gasteiger partial charge in [0.15, 0.2) is 0 Å². The van der Waals surface area contributed by atoms with E-state index in [2.05, 4.69) is 42.9 Å². The van der Waals surface area contributed by atoms with Crippen molar-refractivity contribution in [2.75, 3.05) is 20.2 Å². The van der Waals surface area contributed by atoms with E-state index in [9.17, 15) is 0 Å². The lowest BCUT2D eigenvalue weighted by atomic mass is 10.2. The Morgan fingerprint density at radius 3 is 2.53 bits per heavy atom. The van der Waals surface area contributed by atoms with Gasteiger partial charge in [0, 0.05) is 43.5 Å². The van der Waals surface area contributed by atoms with Crippen molar-refractivity contribution in [3.8, 4) is 5.88 Å². The molecule has 0 saturated heterocycles. The van der Waals surface area contributed by atoms with Gasteiger partial charge in [-0.05, 0) is 33.8 Å². The van der Waals surface area contributed by atoms with E-state index >= 15 is 0 Å². The zero-order chi connectivity index (χ0) is 14.3. The summed E-state index contributed by atoms with van der Waals surface area (Å²) in [4.78, 5) is 6.67. The molecule has 0 bridgehead atoms. The van der Waals surface area contributed by atoms with E-state index in [-0.39, 0.29) is 0 Å². The number of hydrogen-bond donors (Lipinski definition) is 1. The van der Waals surface area contributed by atoms with Crippen LogP contribution in [0.1, 0.15) is 33.3 Å². The van der Waals surface area contributed by atoms with Gasteiger partial charge in [-0.25, -0.2) is 4.98 Å². The monoisotopic (exact) mass is 265 g/mol. The fraction of sp³-hybridized carbons (Fsp3) is 0.667. The van der Waals surface area contributed by atoms with Crippen molar-refractivity contribution < 1.29 is 4.74 Å². The molecule has 1 aromatic heterocycles. The van der Waals surface area contributed by atoms with Crippen molar-refractivity contribution in [3.05, 3.63) is 23.9 Å². The van der Waals surface area contributed by atoms with Crippen LogP contribution >= 0.6 is 0 Å². The van der Waals surface area contributed by atoms with Crippen LogP contribution in [0.2, 0.25) is 0 Å². The van der Waals surface area contributed by atoms with Crippen LogP contribution in [0, 0.1) is 0 Å². The van der Waals surface area contributed by atoms with Crippen LogP contribution in [-0.2, 0) is 6.54 Å². The van der Waals surface area contributed by atoms with E-state index in [1.54, 1.807) is 13.3 Å². The molecule has 0 amide bonds. The van der Waals surface area contributed by atoms with Crippen molar-refractivity contribution in [1.29, 1.82) is 0 Å². The van der Waals surface area contributed by atoms with Gasteiger partial charge in [-0.1, -0.05) is 6.07 Å². The smallest absolute Gasteiger partial charge is 0.217 e. The predicted molar refractivity (Wildman–Crippen MR) is 79.5 cm³/mol. The van der Waals surface area contributed by atoms with Crippen molar-refractivity contribution >= 4 is 0 Å². The number of pyridine rings is 1. The van der Waals surface area contributed by atoms with Crippen molar-refractivity contribution in [2.24, 2.45) is 0 Å². The second-order valence-corrected chi connectivity index (χ2v) is 5.27. The molecule has 0 fully saturated rings. The summed E-state index contributed by atoms with van der Waals surface area (Å²) in [5.41, 5.74) is 1.10. The highest BCUT2D eigenvalue weighted by Crippen LogP contribution is 2.12. The molecule has 1 rings (SSSR count). The zero-order valence-electron chi connectivity index (χ0n) is 12.8. The number of ether oxygens (including phenoxy) is 1. The highest BCUT2D eigenvalue weighted by Gasteiger charge is 2.12. The molecule has 0 radical (unpaired) electrons. The van der Waals surface area contributed by atoms with E-state index in [1.165, 1.54) is 0 Å². The molecule has 0 saturated carbocycles. The molecular formula is C15H27N3O. The van der Waals surface area contributed by atoms with Crippen LogP contribution in [0.15, 0.2) is 18.3 Å². The van der Waals surface area contributed by atoms with Crippen LogP contribution in [0.4, 0.5) is 0 Å². The Balaban J connectivity index is 2.38. The van der Waals surface area contributed by atoms with E-state index in [0.717, 1.165) is 25.2 Å². The SMILES string of the molecule is COc1ncccc1CNCCN(C(C)C)C(C)C. The quantitative estimate of drug-likeness (QED) is 0.732. The molecule has 1 N–H and O–H groups in total. The summed E-state index contributed by atoms with van der Waals surface area (Å²) in [5.74, 6) is 0.708. The molecule has 1 aromatic rings. The largest absolute Gasteiger partial charge is 0.481 e. The second kappa shape index (κ2) is 8.12. The van der Waals surface area contributed by atoms with Crippen molar-refractivity contribution in [3.63, 3.8) is 0 Å². The summed E-state index contributed by atoms with van der Waals surface area (Å²) < 4.78 is 5.24. The van der Waals surface area contributed by atoms with Crippen LogP contribution in [0.5, 0.6) is 5.88 Å². The van der Waals surface area contributed by atoms with Gasteiger partial charge in [0.25, 0.3) is 0 Å². The maximum absolute atomic E-state index is 5.24. The molecule has 1 heterocycles. The van der Waals surface area contributed by atoms with Gasteiger partial charge < -0.3 is 10.1 Å². The first-order valence-corrected chi connectivity index (χ1v) is 7.00. The average molecular weight is 265 g/mol. The number of methoxy groups -OCH3 is 1. The normalized spacial score (nSPS) is 11.6. The number of hydrogen-bond acceptors (Lipinski definition) is 4. The molecule has 4 heteroatoms. The third-order valence-electron chi connectivity index (χ3n) is 3.23. The van der Waals surface area contributed by atoms with Gasteiger partial charge >= 0.3 is 0 Å². The van der Waals surface area contributed by atoms with Gasteiger partial charge in [-0.3, -0.25) is 4.90 Å². The minimum Gasteiger partial charge on any atom is -0.481 e. The Morgan fingerprint density at radius 2 is 1.95 bits per heavy atom. The van der Waals surface area contributed by atoms with Gasteiger partial charge in [0.05, 0.1) is 7.11 Å². The van der Waals surface area contributed by atoms with E-state index in [0.29, 0.717) is 18.0 Å². The van der Waals surface area contributed by atoms with E-state index < -0.39 is 0 Å². The fourth-order valence-electron chi connectivity index (χ4n) is 2.29. The molecule has 19 heavy (non-hydrogen) atoms. The Bertz CT molecular complexity index is 358. The fourth-order valence-corrected chi connectivity index (χ4v) is 2.29. The summed E-state index contributed by atoms with van der Waals surface area (Å²) in [6.07, 6.45) is 1.75. The van der Waals surface area contributed by atoms with Crippen LogP contribution in [-0.4, -0.2) is 42.2 Å². The molecule has 0 aliphatic heterocycles. The summed E-state index contributed by atoms with van der Waals surface area (Å²) in [6, 6.07) is 5.14. The summed E-state index contributed by atoms with van der Waals surface area (Å²) in [5, 5.41) is 3.45. The van der Waals surface area contributed by atoms with Gasteiger partial charge in [0.1, 0.15) is 0 Å². The molecular weight excluding hydrogens is 238 g/mol. The Labute approximate surface area is 117 Å². The molecule has 0 unspecified atom stereocenters. The highest BCUT2D eigenvalue weighted by molar-refractivity contribution is 5.24. The first-order chi connectivity index (χ1) is 9.06. The standard InChI is InChI=1S/C15H27N3O/c1-12(2)18(13(3)4)10-9-16-11-14-7-6-8-17-15(14)19-5/h6-8,12-13,16H,9-11H2,1-5H3. The number of nitrogens with one attached hydrogen (secondary N) is 1. The summed E-state index contributed by atoms with van der Waals surface area (Å²) in [7, 11) is 1.66. The maximum atomic E-state index is 5.24.